The second-order valence-corrected chi connectivity index (χ2v) is 2.88. The minimum atomic E-state index is -2.63. The van der Waals surface area contributed by atoms with Crippen molar-refractivity contribution >= 4 is 5.97 Å². The molecule has 1 N–H and O–H groups in total. The first-order valence-electron chi connectivity index (χ1n) is 4.20. The standard InChI is InChI=1S/C10H10F2O2/c1-2-6-3-4-7(9(11)12)5-8(6)10(13)14/h3-5,9H,2H2,1H3,(H,13,14). The minimum absolute atomic E-state index is 0.0368. The lowest BCUT2D eigenvalue weighted by Crippen LogP contribution is -2.03. The number of alkyl halides is 2. The summed E-state index contributed by atoms with van der Waals surface area (Å²) < 4.78 is 24.5. The smallest absolute Gasteiger partial charge is 0.335 e. The van der Waals surface area contributed by atoms with E-state index in [1.807, 2.05) is 0 Å². The van der Waals surface area contributed by atoms with Gasteiger partial charge in [-0.25, -0.2) is 13.6 Å². The third-order valence-corrected chi connectivity index (χ3v) is 2.00. The first-order valence-corrected chi connectivity index (χ1v) is 4.20. The SMILES string of the molecule is CCc1ccc(C(F)F)cc1C(=O)O. The molecule has 0 aliphatic carbocycles. The number of aromatic carboxylic acids is 1. The van der Waals surface area contributed by atoms with Crippen LogP contribution in [0.2, 0.25) is 0 Å². The number of carboxylic acid groups (broad SMARTS) is 1. The first kappa shape index (κ1) is 10.6. The van der Waals surface area contributed by atoms with Crippen LogP contribution in [0.4, 0.5) is 8.78 Å². The van der Waals surface area contributed by atoms with E-state index >= 15 is 0 Å². The van der Waals surface area contributed by atoms with Gasteiger partial charge < -0.3 is 5.11 Å². The number of hydrogen-bond donors (Lipinski definition) is 1. The monoisotopic (exact) mass is 200 g/mol. The second kappa shape index (κ2) is 4.17. The zero-order valence-corrected chi connectivity index (χ0v) is 7.63. The van der Waals surface area contributed by atoms with Crippen molar-refractivity contribution in [2.24, 2.45) is 0 Å². The van der Waals surface area contributed by atoms with Crippen LogP contribution in [-0.4, -0.2) is 11.1 Å². The number of aryl methyl sites for hydroxylation is 1. The third-order valence-electron chi connectivity index (χ3n) is 2.00. The summed E-state index contributed by atoms with van der Waals surface area (Å²) in [5, 5.41) is 8.76. The molecule has 0 aliphatic rings. The van der Waals surface area contributed by atoms with Crippen molar-refractivity contribution < 1.29 is 18.7 Å². The molecule has 0 aliphatic heterocycles. The molecule has 1 aromatic rings. The summed E-state index contributed by atoms with van der Waals surface area (Å²) in [6, 6.07) is 3.73. The van der Waals surface area contributed by atoms with Crippen LogP contribution in [-0.2, 0) is 6.42 Å². The van der Waals surface area contributed by atoms with Gasteiger partial charge >= 0.3 is 5.97 Å². The van der Waals surface area contributed by atoms with E-state index in [1.54, 1.807) is 6.92 Å². The van der Waals surface area contributed by atoms with Gasteiger partial charge in [-0.2, -0.15) is 0 Å². The fourth-order valence-electron chi connectivity index (χ4n) is 1.24. The van der Waals surface area contributed by atoms with Crippen molar-refractivity contribution in [3.05, 3.63) is 34.9 Å². The molecule has 2 nitrogen and oxygen atoms in total. The van der Waals surface area contributed by atoms with Crippen LogP contribution < -0.4 is 0 Å². The second-order valence-electron chi connectivity index (χ2n) is 2.88. The van der Waals surface area contributed by atoms with Crippen LogP contribution in [0.25, 0.3) is 0 Å². The average molecular weight is 200 g/mol. The summed E-state index contributed by atoms with van der Waals surface area (Å²) in [7, 11) is 0. The van der Waals surface area contributed by atoms with Crippen LogP contribution in [0.3, 0.4) is 0 Å². The highest BCUT2D eigenvalue weighted by Crippen LogP contribution is 2.22. The van der Waals surface area contributed by atoms with Crippen LogP contribution >= 0.6 is 0 Å². The van der Waals surface area contributed by atoms with E-state index in [4.69, 9.17) is 5.11 Å². The third kappa shape index (κ3) is 2.07. The van der Waals surface area contributed by atoms with Gasteiger partial charge in [0.05, 0.1) is 5.56 Å². The summed E-state index contributed by atoms with van der Waals surface area (Å²) in [6.07, 6.45) is -2.11. The molecular weight excluding hydrogens is 190 g/mol. The maximum absolute atomic E-state index is 12.3. The molecule has 0 saturated heterocycles. The Kier molecular flexibility index (Phi) is 3.17. The van der Waals surface area contributed by atoms with E-state index in [0.29, 0.717) is 12.0 Å². The van der Waals surface area contributed by atoms with E-state index in [-0.39, 0.29) is 11.1 Å². The quantitative estimate of drug-likeness (QED) is 0.814. The van der Waals surface area contributed by atoms with Gasteiger partial charge in [0, 0.05) is 5.56 Å². The molecule has 0 fully saturated rings. The Morgan fingerprint density at radius 2 is 2.14 bits per heavy atom. The zero-order chi connectivity index (χ0) is 10.7. The lowest BCUT2D eigenvalue weighted by Gasteiger charge is -2.06. The van der Waals surface area contributed by atoms with E-state index in [9.17, 15) is 13.6 Å². The van der Waals surface area contributed by atoms with Crippen molar-refractivity contribution in [3.8, 4) is 0 Å². The molecule has 0 radical (unpaired) electrons. The lowest BCUT2D eigenvalue weighted by atomic mass is 10.0. The largest absolute Gasteiger partial charge is 0.478 e. The zero-order valence-electron chi connectivity index (χ0n) is 7.63. The number of hydrogen-bond acceptors (Lipinski definition) is 1. The Morgan fingerprint density at radius 1 is 1.50 bits per heavy atom. The molecule has 0 amide bonds. The molecule has 1 aromatic carbocycles. The molecule has 14 heavy (non-hydrogen) atoms. The summed E-state index contributed by atoms with van der Waals surface area (Å²) in [5.41, 5.74) is 0.284. The molecule has 0 heterocycles. The lowest BCUT2D eigenvalue weighted by molar-refractivity contribution is 0.0695. The van der Waals surface area contributed by atoms with E-state index in [1.165, 1.54) is 12.1 Å². The summed E-state index contributed by atoms with van der Waals surface area (Å²) in [4.78, 5) is 10.7. The highest BCUT2D eigenvalue weighted by molar-refractivity contribution is 5.89. The Morgan fingerprint density at radius 3 is 2.57 bits per heavy atom. The first-order chi connectivity index (χ1) is 6.56. The Hall–Kier alpha value is -1.45. The van der Waals surface area contributed by atoms with E-state index < -0.39 is 12.4 Å². The van der Waals surface area contributed by atoms with Gasteiger partial charge in [0.15, 0.2) is 0 Å². The molecule has 0 unspecified atom stereocenters. The molecule has 76 valence electrons. The molecule has 4 heteroatoms. The molecule has 1 rings (SSSR count). The fraction of sp³-hybridized carbons (Fsp3) is 0.300. The van der Waals surface area contributed by atoms with Crippen molar-refractivity contribution in [1.29, 1.82) is 0 Å². The van der Waals surface area contributed by atoms with Crippen LogP contribution in [0.1, 0.15) is 34.8 Å². The van der Waals surface area contributed by atoms with Crippen LogP contribution in [0.5, 0.6) is 0 Å². The fourth-order valence-corrected chi connectivity index (χ4v) is 1.24. The van der Waals surface area contributed by atoms with Crippen molar-refractivity contribution in [2.45, 2.75) is 19.8 Å². The Bertz CT molecular complexity index is 348. The van der Waals surface area contributed by atoms with Crippen LogP contribution in [0.15, 0.2) is 18.2 Å². The number of halogens is 2. The van der Waals surface area contributed by atoms with Crippen LogP contribution in [0, 0.1) is 0 Å². The predicted molar refractivity (Wildman–Crippen MR) is 47.7 cm³/mol. The molecule has 0 spiro atoms. The summed E-state index contributed by atoms with van der Waals surface area (Å²) >= 11 is 0. The van der Waals surface area contributed by atoms with E-state index in [2.05, 4.69) is 0 Å². The van der Waals surface area contributed by atoms with Gasteiger partial charge in [-0.15, -0.1) is 0 Å². The maximum atomic E-state index is 12.3. The van der Waals surface area contributed by atoms with Gasteiger partial charge in [-0.3, -0.25) is 0 Å². The van der Waals surface area contributed by atoms with Gasteiger partial charge in [0.1, 0.15) is 0 Å². The Balaban J connectivity index is 3.21. The van der Waals surface area contributed by atoms with Gasteiger partial charge in [-0.1, -0.05) is 19.1 Å². The molecular formula is C10H10F2O2. The topological polar surface area (TPSA) is 37.3 Å². The van der Waals surface area contributed by atoms with Gasteiger partial charge in [0.2, 0.25) is 0 Å². The highest BCUT2D eigenvalue weighted by atomic mass is 19.3. The number of carboxylic acids is 1. The normalized spacial score (nSPS) is 10.6. The molecule has 0 atom stereocenters. The Labute approximate surface area is 80.2 Å². The van der Waals surface area contributed by atoms with Crippen molar-refractivity contribution in [2.75, 3.05) is 0 Å². The number of benzene rings is 1. The highest BCUT2D eigenvalue weighted by Gasteiger charge is 2.13. The molecule has 0 saturated carbocycles. The predicted octanol–water partition coefficient (Wildman–Crippen LogP) is 2.88. The van der Waals surface area contributed by atoms with E-state index in [0.717, 1.165) is 6.07 Å². The summed E-state index contributed by atoms with van der Waals surface area (Å²) in [6.45, 7) is 1.78. The average Bonchev–Trinajstić information content (AvgIpc) is 2.16. The van der Waals surface area contributed by atoms with Crippen molar-refractivity contribution in [1.82, 2.24) is 0 Å². The van der Waals surface area contributed by atoms with Gasteiger partial charge in [0.25, 0.3) is 6.43 Å². The molecule has 0 aromatic heterocycles. The number of rotatable bonds is 3. The molecule has 0 bridgehead atoms. The minimum Gasteiger partial charge on any atom is -0.478 e. The van der Waals surface area contributed by atoms with Gasteiger partial charge in [-0.05, 0) is 18.1 Å². The summed E-state index contributed by atoms with van der Waals surface area (Å²) in [5.74, 6) is -1.16. The number of carbonyl (C=O) groups is 1. The maximum Gasteiger partial charge on any atom is 0.335 e. The van der Waals surface area contributed by atoms with Crippen molar-refractivity contribution in [3.63, 3.8) is 0 Å².